The van der Waals surface area contributed by atoms with E-state index in [1.165, 1.54) is 18.9 Å². The molecule has 0 saturated heterocycles. The molecule has 7 nitrogen and oxygen atoms in total. The van der Waals surface area contributed by atoms with Crippen molar-refractivity contribution in [2.24, 2.45) is 10.9 Å². The van der Waals surface area contributed by atoms with Crippen molar-refractivity contribution in [3.8, 4) is 11.6 Å². The van der Waals surface area contributed by atoms with Crippen molar-refractivity contribution in [1.29, 1.82) is 0 Å². The highest BCUT2D eigenvalue weighted by atomic mass is 127. The van der Waals surface area contributed by atoms with Gasteiger partial charge in [0.2, 0.25) is 5.88 Å². The number of hydrogen-bond donors (Lipinski definition) is 2. The Morgan fingerprint density at radius 2 is 2.03 bits per heavy atom. The zero-order valence-electron chi connectivity index (χ0n) is 18.8. The van der Waals surface area contributed by atoms with E-state index in [-0.39, 0.29) is 35.8 Å². The predicted octanol–water partition coefficient (Wildman–Crippen LogP) is 4.08. The van der Waals surface area contributed by atoms with Crippen LogP contribution in [0, 0.1) is 11.7 Å². The number of halogens is 2. The third-order valence-electron chi connectivity index (χ3n) is 5.00. The maximum atomic E-state index is 14.4. The van der Waals surface area contributed by atoms with E-state index in [0.717, 1.165) is 11.1 Å². The van der Waals surface area contributed by atoms with Crippen LogP contribution in [0.3, 0.4) is 0 Å². The number of nitrogens with zero attached hydrogens (tertiary/aromatic N) is 2. The van der Waals surface area contributed by atoms with Crippen LogP contribution in [0.5, 0.6) is 11.6 Å². The van der Waals surface area contributed by atoms with Crippen LogP contribution in [-0.2, 0) is 11.3 Å². The molecule has 1 aliphatic carbocycles. The third-order valence-corrected chi connectivity index (χ3v) is 5.00. The molecule has 2 aromatic rings. The van der Waals surface area contributed by atoms with Crippen LogP contribution in [0.15, 0.2) is 41.5 Å². The van der Waals surface area contributed by atoms with Crippen LogP contribution in [0.25, 0.3) is 0 Å². The minimum absolute atomic E-state index is 0. The van der Waals surface area contributed by atoms with Crippen molar-refractivity contribution in [2.45, 2.75) is 32.4 Å². The first-order valence-corrected chi connectivity index (χ1v) is 10.5. The van der Waals surface area contributed by atoms with E-state index in [0.29, 0.717) is 49.9 Å². The fourth-order valence-corrected chi connectivity index (χ4v) is 2.89. The molecule has 1 atom stereocenters. The highest BCUT2D eigenvalue weighted by Gasteiger charge is 2.22. The van der Waals surface area contributed by atoms with Crippen LogP contribution >= 0.6 is 24.0 Å². The number of guanidine groups is 1. The number of aliphatic imine (C=N–C) groups is 1. The molecule has 1 heterocycles. The highest BCUT2D eigenvalue weighted by molar-refractivity contribution is 14.0. The molecule has 0 aliphatic heterocycles. The summed E-state index contributed by atoms with van der Waals surface area (Å²) in [7, 11) is 3.33. The first kappa shape index (κ1) is 26.1. The molecule has 1 unspecified atom stereocenters. The number of methoxy groups -OCH3 is 1. The number of hydrogen-bond acceptors (Lipinski definition) is 5. The van der Waals surface area contributed by atoms with Gasteiger partial charge in [-0.15, -0.1) is 24.0 Å². The van der Waals surface area contributed by atoms with Gasteiger partial charge in [0.15, 0.2) is 17.5 Å². The average molecular weight is 558 g/mol. The Morgan fingerprint density at radius 1 is 1.22 bits per heavy atom. The molecular formula is C23H32FIN4O3. The lowest BCUT2D eigenvalue weighted by Crippen LogP contribution is -2.38. The lowest BCUT2D eigenvalue weighted by molar-refractivity contribution is 0.143. The van der Waals surface area contributed by atoms with Gasteiger partial charge in [0, 0.05) is 33.0 Å². The molecule has 1 aliphatic rings. The monoisotopic (exact) mass is 558 g/mol. The van der Waals surface area contributed by atoms with Crippen molar-refractivity contribution < 1.29 is 18.6 Å². The van der Waals surface area contributed by atoms with Gasteiger partial charge in [0.05, 0.1) is 19.3 Å². The van der Waals surface area contributed by atoms with Crippen LogP contribution in [0.1, 0.15) is 36.9 Å². The maximum Gasteiger partial charge on any atom is 0.213 e. The van der Waals surface area contributed by atoms with E-state index < -0.39 is 0 Å². The van der Waals surface area contributed by atoms with Gasteiger partial charge in [-0.3, -0.25) is 4.99 Å². The molecule has 9 heteroatoms. The lowest BCUT2D eigenvalue weighted by Gasteiger charge is -2.19. The first-order chi connectivity index (χ1) is 15.1. The van der Waals surface area contributed by atoms with Gasteiger partial charge >= 0.3 is 0 Å². The summed E-state index contributed by atoms with van der Waals surface area (Å²) in [5.41, 5.74) is 1.80. The van der Waals surface area contributed by atoms with E-state index in [4.69, 9.17) is 14.2 Å². The Labute approximate surface area is 206 Å². The van der Waals surface area contributed by atoms with Crippen molar-refractivity contribution in [2.75, 3.05) is 34.0 Å². The molecule has 0 bridgehead atoms. The molecule has 32 heavy (non-hydrogen) atoms. The second kappa shape index (κ2) is 13.4. The Balaban J connectivity index is 0.00000363. The topological polar surface area (TPSA) is 77.0 Å². The molecule has 0 amide bonds. The zero-order valence-corrected chi connectivity index (χ0v) is 21.1. The van der Waals surface area contributed by atoms with E-state index in [1.54, 1.807) is 26.4 Å². The highest BCUT2D eigenvalue weighted by Crippen LogP contribution is 2.30. The minimum Gasteiger partial charge on any atom is -0.490 e. The molecule has 1 fully saturated rings. The molecule has 3 rings (SSSR count). The van der Waals surface area contributed by atoms with Crippen molar-refractivity contribution in [3.63, 3.8) is 0 Å². The van der Waals surface area contributed by atoms with Gasteiger partial charge in [-0.2, -0.15) is 0 Å². The Bertz CT molecular complexity index is 863. The fraction of sp³-hybridized carbons (Fsp3) is 0.478. The Hall–Kier alpha value is -2.14. The molecule has 1 aromatic heterocycles. The summed E-state index contributed by atoms with van der Waals surface area (Å²) in [6.45, 7) is 4.07. The fourth-order valence-electron chi connectivity index (χ4n) is 2.89. The molecule has 176 valence electrons. The van der Waals surface area contributed by atoms with Gasteiger partial charge in [0.25, 0.3) is 0 Å². The summed E-state index contributed by atoms with van der Waals surface area (Å²) in [6, 6.07) is 8.72. The number of rotatable bonds is 11. The van der Waals surface area contributed by atoms with Crippen molar-refractivity contribution >= 4 is 29.9 Å². The summed E-state index contributed by atoms with van der Waals surface area (Å²) in [6.07, 6.45) is 4.10. The normalized spacial score (nSPS) is 14.3. The number of benzene rings is 1. The van der Waals surface area contributed by atoms with E-state index >= 15 is 0 Å². The largest absolute Gasteiger partial charge is 0.490 e. The predicted molar refractivity (Wildman–Crippen MR) is 133 cm³/mol. The molecule has 2 N–H and O–H groups in total. The molecule has 1 saturated carbocycles. The molecule has 0 spiro atoms. The Kier molecular flexibility index (Phi) is 10.9. The smallest absolute Gasteiger partial charge is 0.213 e. The SMILES string of the molecule is CN=C(NCc1ccc(OCCOC)nc1)NC(C)c1ccc(OCC2CC2)c(F)c1.I. The summed E-state index contributed by atoms with van der Waals surface area (Å²) in [5.74, 6) is 1.73. The first-order valence-electron chi connectivity index (χ1n) is 10.5. The van der Waals surface area contributed by atoms with E-state index in [2.05, 4.69) is 20.6 Å². The number of ether oxygens (including phenoxy) is 3. The Morgan fingerprint density at radius 3 is 2.66 bits per heavy atom. The summed E-state index contributed by atoms with van der Waals surface area (Å²) < 4.78 is 30.4. The van der Waals surface area contributed by atoms with Gasteiger partial charge in [-0.25, -0.2) is 9.37 Å². The van der Waals surface area contributed by atoms with Crippen molar-refractivity contribution in [1.82, 2.24) is 15.6 Å². The molecule has 0 radical (unpaired) electrons. The zero-order chi connectivity index (χ0) is 22.1. The standard InChI is InChI=1S/C23H31FN4O3.HI/c1-16(19-7-8-21(20(24)12-19)31-15-17-4-5-17)28-23(25-2)27-14-18-6-9-22(26-13-18)30-11-10-29-3;/h6-9,12-13,16-17H,4-5,10-11,14-15H2,1-3H3,(H2,25,27,28);1H. The summed E-state index contributed by atoms with van der Waals surface area (Å²) in [4.78, 5) is 8.53. The second-order valence-electron chi connectivity index (χ2n) is 7.58. The third kappa shape index (κ3) is 8.42. The summed E-state index contributed by atoms with van der Waals surface area (Å²) >= 11 is 0. The second-order valence-corrected chi connectivity index (χ2v) is 7.58. The van der Waals surface area contributed by atoms with Crippen LogP contribution in [0.2, 0.25) is 0 Å². The summed E-state index contributed by atoms with van der Waals surface area (Å²) in [5, 5.41) is 6.52. The van der Waals surface area contributed by atoms with E-state index in [9.17, 15) is 4.39 Å². The maximum absolute atomic E-state index is 14.4. The average Bonchev–Trinajstić information content (AvgIpc) is 3.61. The number of aromatic nitrogens is 1. The quantitative estimate of drug-likeness (QED) is 0.188. The van der Waals surface area contributed by atoms with Crippen molar-refractivity contribution in [3.05, 3.63) is 53.5 Å². The lowest BCUT2D eigenvalue weighted by atomic mass is 10.1. The van der Waals surface area contributed by atoms with E-state index in [1.807, 2.05) is 25.1 Å². The van der Waals surface area contributed by atoms with Gasteiger partial charge < -0.3 is 24.8 Å². The van der Waals surface area contributed by atoms with Crippen LogP contribution < -0.4 is 20.1 Å². The molecular weight excluding hydrogens is 526 g/mol. The van der Waals surface area contributed by atoms with Gasteiger partial charge in [0.1, 0.15) is 6.61 Å². The number of nitrogens with one attached hydrogen (secondary N) is 2. The molecule has 1 aromatic carbocycles. The van der Waals surface area contributed by atoms with Gasteiger partial charge in [-0.1, -0.05) is 12.1 Å². The number of pyridine rings is 1. The minimum atomic E-state index is -0.339. The van der Waals surface area contributed by atoms with Gasteiger partial charge in [-0.05, 0) is 48.9 Å². The van der Waals surface area contributed by atoms with Crippen LogP contribution in [-0.4, -0.2) is 44.9 Å². The van der Waals surface area contributed by atoms with Crippen LogP contribution in [0.4, 0.5) is 4.39 Å².